The molecule has 0 unspecified atom stereocenters. The molecule has 0 radical (unpaired) electrons. The summed E-state index contributed by atoms with van der Waals surface area (Å²) in [5, 5.41) is 27.6. The molecule has 0 aliphatic rings. The molecular formula is C15H10N4O4. The predicted octanol–water partition coefficient (Wildman–Crippen LogP) is 1.07. The van der Waals surface area contributed by atoms with E-state index < -0.39 is 11.5 Å². The standard InChI is InChI=1S/C15H10N4O4/c1-23-9-3-7(2-8(4-9)15(21)22)12-10(5-16)13(18)19-14(20)11(12)6-17/h2-4H,1H3,(H,21,22)(H3,18,19,20). The van der Waals surface area contributed by atoms with E-state index >= 15 is 0 Å². The highest BCUT2D eigenvalue weighted by atomic mass is 16.5. The molecule has 0 atom stereocenters. The van der Waals surface area contributed by atoms with Crippen molar-refractivity contribution < 1.29 is 14.6 Å². The minimum Gasteiger partial charge on any atom is -0.497 e. The Balaban J connectivity index is 2.95. The zero-order valence-corrected chi connectivity index (χ0v) is 11.9. The van der Waals surface area contributed by atoms with E-state index in [0.29, 0.717) is 0 Å². The molecule has 0 bridgehead atoms. The highest BCUT2D eigenvalue weighted by molar-refractivity contribution is 5.91. The van der Waals surface area contributed by atoms with E-state index in [4.69, 9.17) is 15.6 Å². The number of carbonyl (C=O) groups is 1. The van der Waals surface area contributed by atoms with Crippen molar-refractivity contribution in [1.82, 2.24) is 4.98 Å². The number of carboxylic acids is 1. The molecule has 8 nitrogen and oxygen atoms in total. The Hall–Kier alpha value is -3.78. The number of carboxylic acid groups (broad SMARTS) is 1. The lowest BCUT2D eigenvalue weighted by Crippen LogP contribution is -2.16. The first kappa shape index (κ1) is 15.6. The second-order valence-corrected chi connectivity index (χ2v) is 4.47. The number of nitrogen functional groups attached to an aromatic ring is 1. The minimum absolute atomic E-state index is 0.0300. The summed E-state index contributed by atoms with van der Waals surface area (Å²) in [5.41, 5.74) is 4.43. The highest BCUT2D eigenvalue weighted by Gasteiger charge is 2.20. The number of benzene rings is 1. The largest absolute Gasteiger partial charge is 0.497 e. The first-order valence-electron chi connectivity index (χ1n) is 6.21. The fraction of sp³-hybridized carbons (Fsp3) is 0.0667. The zero-order valence-electron chi connectivity index (χ0n) is 11.9. The molecule has 114 valence electrons. The first-order chi connectivity index (χ1) is 10.9. The van der Waals surface area contributed by atoms with Crippen LogP contribution in [-0.2, 0) is 0 Å². The molecule has 0 saturated heterocycles. The number of anilines is 1. The van der Waals surface area contributed by atoms with E-state index in [1.54, 1.807) is 6.07 Å². The molecule has 4 N–H and O–H groups in total. The van der Waals surface area contributed by atoms with E-state index in [9.17, 15) is 20.1 Å². The normalized spacial score (nSPS) is 9.70. The fourth-order valence-electron chi connectivity index (χ4n) is 2.12. The van der Waals surface area contributed by atoms with Crippen LogP contribution in [0.15, 0.2) is 23.0 Å². The van der Waals surface area contributed by atoms with Gasteiger partial charge in [0.05, 0.1) is 12.7 Å². The average molecular weight is 310 g/mol. The maximum atomic E-state index is 11.9. The molecule has 0 saturated carbocycles. The van der Waals surface area contributed by atoms with Crippen molar-refractivity contribution in [2.75, 3.05) is 12.8 Å². The van der Waals surface area contributed by atoms with Crippen molar-refractivity contribution in [1.29, 1.82) is 10.5 Å². The SMILES string of the molecule is COc1cc(C(=O)O)cc(-c2c(C#N)c(N)[nH]c(=O)c2C#N)c1. The Labute approximate surface area is 130 Å². The number of nitrogens with one attached hydrogen (secondary N) is 1. The molecule has 8 heteroatoms. The molecule has 0 aliphatic carbocycles. The third kappa shape index (κ3) is 2.69. The first-order valence-corrected chi connectivity index (χ1v) is 6.21. The lowest BCUT2D eigenvalue weighted by Gasteiger charge is -2.11. The van der Waals surface area contributed by atoms with Crippen molar-refractivity contribution in [3.05, 3.63) is 45.2 Å². The van der Waals surface area contributed by atoms with Crippen LogP contribution in [0.5, 0.6) is 5.75 Å². The summed E-state index contributed by atoms with van der Waals surface area (Å²) < 4.78 is 5.03. The van der Waals surface area contributed by atoms with Crippen LogP contribution in [0.25, 0.3) is 11.1 Å². The smallest absolute Gasteiger partial charge is 0.335 e. The summed E-state index contributed by atoms with van der Waals surface area (Å²) in [4.78, 5) is 25.3. The average Bonchev–Trinajstić information content (AvgIpc) is 2.53. The molecule has 1 aromatic heterocycles. The summed E-state index contributed by atoms with van der Waals surface area (Å²) in [6.07, 6.45) is 0. The molecule has 0 amide bonds. The molecule has 0 spiro atoms. The number of nitriles is 2. The van der Waals surface area contributed by atoms with Gasteiger partial charge in [-0.2, -0.15) is 10.5 Å². The number of aromatic carboxylic acids is 1. The number of aromatic amines is 1. The molecule has 2 aromatic rings. The molecular weight excluding hydrogens is 300 g/mol. The lowest BCUT2D eigenvalue weighted by molar-refractivity contribution is 0.0696. The van der Waals surface area contributed by atoms with Gasteiger partial charge in [-0.1, -0.05) is 0 Å². The number of hydrogen-bond donors (Lipinski definition) is 3. The molecule has 0 fully saturated rings. The topological polar surface area (TPSA) is 153 Å². The number of hydrogen-bond acceptors (Lipinski definition) is 6. The Morgan fingerprint density at radius 3 is 2.43 bits per heavy atom. The van der Waals surface area contributed by atoms with Crippen molar-refractivity contribution in [2.45, 2.75) is 0 Å². The molecule has 1 heterocycles. The number of pyridine rings is 1. The van der Waals surface area contributed by atoms with E-state index in [1.807, 2.05) is 6.07 Å². The van der Waals surface area contributed by atoms with Gasteiger partial charge in [-0.25, -0.2) is 4.79 Å². The second kappa shape index (κ2) is 5.92. The van der Waals surface area contributed by atoms with Crippen molar-refractivity contribution in [2.24, 2.45) is 0 Å². The van der Waals surface area contributed by atoms with E-state index in [-0.39, 0.29) is 39.4 Å². The molecule has 2 rings (SSSR count). The quantitative estimate of drug-likeness (QED) is 0.766. The van der Waals surface area contributed by atoms with Gasteiger partial charge in [0.2, 0.25) is 0 Å². The highest BCUT2D eigenvalue weighted by Crippen LogP contribution is 2.31. The number of nitrogens with zero attached hydrogens (tertiary/aromatic N) is 2. The van der Waals surface area contributed by atoms with Crippen molar-refractivity contribution in [3.63, 3.8) is 0 Å². The molecule has 0 aliphatic heterocycles. The Kier molecular flexibility index (Phi) is 4.01. The van der Waals surface area contributed by atoms with Crippen LogP contribution < -0.4 is 16.0 Å². The Morgan fingerprint density at radius 1 is 1.26 bits per heavy atom. The van der Waals surface area contributed by atoms with Gasteiger partial charge >= 0.3 is 5.97 Å². The van der Waals surface area contributed by atoms with Crippen LogP contribution >= 0.6 is 0 Å². The summed E-state index contributed by atoms with van der Waals surface area (Å²) in [6, 6.07) is 7.46. The third-order valence-corrected chi connectivity index (χ3v) is 3.15. The fourth-order valence-corrected chi connectivity index (χ4v) is 2.12. The van der Waals surface area contributed by atoms with Gasteiger partial charge in [0.1, 0.15) is 34.8 Å². The third-order valence-electron chi connectivity index (χ3n) is 3.15. The van der Waals surface area contributed by atoms with E-state index in [1.165, 1.54) is 25.3 Å². The number of aromatic nitrogens is 1. The van der Waals surface area contributed by atoms with Crippen molar-refractivity contribution >= 4 is 11.8 Å². The minimum atomic E-state index is -1.22. The number of methoxy groups -OCH3 is 1. The maximum absolute atomic E-state index is 11.9. The lowest BCUT2D eigenvalue weighted by atomic mass is 9.95. The van der Waals surface area contributed by atoms with Gasteiger partial charge in [0.25, 0.3) is 5.56 Å². The molecule has 1 aromatic carbocycles. The summed E-state index contributed by atoms with van der Waals surface area (Å²) in [6.45, 7) is 0. The van der Waals surface area contributed by atoms with Gasteiger partial charge in [-0.3, -0.25) is 4.79 Å². The number of H-pyrrole nitrogens is 1. The number of rotatable bonds is 3. The van der Waals surface area contributed by atoms with Gasteiger partial charge < -0.3 is 20.6 Å². The Bertz CT molecular complexity index is 948. The van der Waals surface area contributed by atoms with Crippen LogP contribution in [0.3, 0.4) is 0 Å². The summed E-state index contributed by atoms with van der Waals surface area (Å²) in [7, 11) is 1.34. The monoisotopic (exact) mass is 310 g/mol. The van der Waals surface area contributed by atoms with Crippen LogP contribution in [0, 0.1) is 22.7 Å². The van der Waals surface area contributed by atoms with Crippen LogP contribution in [-0.4, -0.2) is 23.2 Å². The summed E-state index contributed by atoms with van der Waals surface area (Å²) in [5.74, 6) is -1.22. The second-order valence-electron chi connectivity index (χ2n) is 4.47. The van der Waals surface area contributed by atoms with Crippen molar-refractivity contribution in [3.8, 4) is 29.0 Å². The number of ether oxygens (including phenoxy) is 1. The van der Waals surface area contributed by atoms with Crippen LogP contribution in [0.2, 0.25) is 0 Å². The van der Waals surface area contributed by atoms with Gasteiger partial charge in [-0.05, 0) is 23.8 Å². The van der Waals surface area contributed by atoms with Crippen LogP contribution in [0.1, 0.15) is 21.5 Å². The van der Waals surface area contributed by atoms with Gasteiger partial charge in [0, 0.05) is 5.56 Å². The maximum Gasteiger partial charge on any atom is 0.335 e. The number of nitrogens with two attached hydrogens (primary N) is 1. The summed E-state index contributed by atoms with van der Waals surface area (Å²) >= 11 is 0. The zero-order chi connectivity index (χ0) is 17.1. The van der Waals surface area contributed by atoms with Gasteiger partial charge in [-0.15, -0.1) is 0 Å². The Morgan fingerprint density at radius 2 is 1.91 bits per heavy atom. The van der Waals surface area contributed by atoms with E-state index in [0.717, 1.165) is 0 Å². The predicted molar refractivity (Wildman–Crippen MR) is 79.9 cm³/mol. The van der Waals surface area contributed by atoms with Gasteiger partial charge in [0.15, 0.2) is 0 Å². The van der Waals surface area contributed by atoms with Crippen LogP contribution in [0.4, 0.5) is 5.82 Å². The van der Waals surface area contributed by atoms with E-state index in [2.05, 4.69) is 4.98 Å². The molecule has 23 heavy (non-hydrogen) atoms.